The lowest BCUT2D eigenvalue weighted by Gasteiger charge is -2.06. The summed E-state index contributed by atoms with van der Waals surface area (Å²) < 4.78 is 0. The molecule has 0 bridgehead atoms. The van der Waals surface area contributed by atoms with Crippen LogP contribution in [0, 0.1) is 0 Å². The van der Waals surface area contributed by atoms with Gasteiger partial charge in [-0.25, -0.2) is 0 Å². The summed E-state index contributed by atoms with van der Waals surface area (Å²) in [7, 11) is 0. The number of rotatable bonds is 3. The molecule has 0 aliphatic carbocycles. The summed E-state index contributed by atoms with van der Waals surface area (Å²) in [6.45, 7) is 0. The summed E-state index contributed by atoms with van der Waals surface area (Å²) in [4.78, 5) is 10.4. The smallest absolute Gasteiger partial charge is 0.321 e. The molecular formula is C6H9NO2S2. The third-order valence-electron chi connectivity index (χ3n) is 1.46. The minimum Gasteiger partial charge on any atom is -0.480 e. The van der Waals surface area contributed by atoms with E-state index in [1.807, 2.05) is 0 Å². The first-order valence-electron chi connectivity index (χ1n) is 3.28. The summed E-state index contributed by atoms with van der Waals surface area (Å²) in [5.41, 5.74) is 0. The Balaban J connectivity index is 2.34. The number of carboxylic acids is 1. The molecule has 3 nitrogen and oxygen atoms in total. The Bertz CT molecular complexity index is 174. The summed E-state index contributed by atoms with van der Waals surface area (Å²) >= 11 is 6.28. The van der Waals surface area contributed by atoms with Gasteiger partial charge in [0.05, 0.1) is 5.37 Å². The fourth-order valence-corrected chi connectivity index (χ4v) is 2.37. The van der Waals surface area contributed by atoms with Crippen molar-refractivity contribution >= 4 is 35.3 Å². The fraction of sp³-hybridized carbons (Fsp3) is 0.667. The van der Waals surface area contributed by atoms with Crippen molar-refractivity contribution in [1.82, 2.24) is 5.32 Å². The van der Waals surface area contributed by atoms with Gasteiger partial charge in [0.2, 0.25) is 0 Å². The van der Waals surface area contributed by atoms with Gasteiger partial charge in [-0.2, -0.15) is 0 Å². The highest BCUT2D eigenvalue weighted by molar-refractivity contribution is 8.00. The maximum absolute atomic E-state index is 10.4. The zero-order valence-electron chi connectivity index (χ0n) is 5.82. The summed E-state index contributed by atoms with van der Waals surface area (Å²) in [5.74, 6) is -0.132. The van der Waals surface area contributed by atoms with Crippen LogP contribution in [-0.2, 0) is 4.79 Å². The molecule has 1 rings (SSSR count). The minimum atomic E-state index is -0.774. The topological polar surface area (TPSA) is 49.3 Å². The Labute approximate surface area is 74.5 Å². The molecule has 0 spiro atoms. The first-order chi connectivity index (χ1) is 5.24. The Kier molecular flexibility index (Phi) is 3.29. The molecule has 1 aliphatic rings. The first kappa shape index (κ1) is 8.96. The highest BCUT2D eigenvalue weighted by Crippen LogP contribution is 2.20. The van der Waals surface area contributed by atoms with Crippen LogP contribution in [0.2, 0.25) is 0 Å². The first-order valence-corrected chi connectivity index (χ1v) is 4.80. The third-order valence-corrected chi connectivity index (χ3v) is 2.91. The van der Waals surface area contributed by atoms with Crippen molar-refractivity contribution in [2.75, 3.05) is 5.75 Å². The molecule has 0 aromatic heterocycles. The third kappa shape index (κ3) is 2.43. The highest BCUT2D eigenvalue weighted by Gasteiger charge is 2.28. The number of carboxylic acid groups (broad SMARTS) is 1. The second-order valence-electron chi connectivity index (χ2n) is 2.28. The maximum atomic E-state index is 10.4. The van der Waals surface area contributed by atoms with E-state index in [0.29, 0.717) is 5.75 Å². The van der Waals surface area contributed by atoms with Crippen molar-refractivity contribution in [3.05, 3.63) is 0 Å². The maximum Gasteiger partial charge on any atom is 0.321 e. The second kappa shape index (κ2) is 4.04. The zero-order chi connectivity index (χ0) is 8.27. The van der Waals surface area contributed by atoms with Gasteiger partial charge in [-0.1, -0.05) is 12.2 Å². The Morgan fingerprint density at radius 3 is 3.09 bits per heavy atom. The quantitative estimate of drug-likeness (QED) is 0.636. The van der Waals surface area contributed by atoms with Gasteiger partial charge >= 0.3 is 5.97 Å². The summed E-state index contributed by atoms with van der Waals surface area (Å²) in [6.07, 6.45) is 0.754. The van der Waals surface area contributed by atoms with Gasteiger partial charge in [0.15, 0.2) is 0 Å². The molecule has 0 amide bonds. The summed E-state index contributed by atoms with van der Waals surface area (Å²) in [6, 6.07) is -0.389. The van der Waals surface area contributed by atoms with Gasteiger partial charge in [0, 0.05) is 12.2 Å². The Hall–Kier alpha value is -0.130. The number of hydrogen-bond donors (Lipinski definition) is 2. The van der Waals surface area contributed by atoms with Crippen LogP contribution in [0.1, 0.15) is 6.42 Å². The van der Waals surface area contributed by atoms with E-state index in [2.05, 4.69) is 17.5 Å². The van der Waals surface area contributed by atoms with Crippen molar-refractivity contribution in [1.29, 1.82) is 0 Å². The van der Waals surface area contributed by atoms with E-state index >= 15 is 0 Å². The molecular weight excluding hydrogens is 182 g/mol. The van der Waals surface area contributed by atoms with Crippen LogP contribution in [0.5, 0.6) is 0 Å². The number of thiocarbonyl (C=S) groups is 1. The molecule has 0 radical (unpaired) electrons. The van der Waals surface area contributed by atoms with Crippen molar-refractivity contribution in [2.24, 2.45) is 0 Å². The Morgan fingerprint density at radius 2 is 2.64 bits per heavy atom. The lowest BCUT2D eigenvalue weighted by molar-refractivity contribution is -0.138. The van der Waals surface area contributed by atoms with E-state index in [9.17, 15) is 4.79 Å². The molecule has 5 heteroatoms. The summed E-state index contributed by atoms with van der Waals surface area (Å²) in [5, 5.41) is 13.4. The largest absolute Gasteiger partial charge is 0.480 e. The van der Waals surface area contributed by atoms with E-state index in [0.717, 1.165) is 6.42 Å². The number of carbonyl (C=O) groups is 1. The fourth-order valence-electron chi connectivity index (χ4n) is 0.899. The predicted molar refractivity (Wildman–Crippen MR) is 49.1 cm³/mol. The van der Waals surface area contributed by atoms with Gasteiger partial charge in [-0.05, 0) is 5.37 Å². The van der Waals surface area contributed by atoms with Crippen LogP contribution < -0.4 is 5.32 Å². The molecule has 2 unspecified atom stereocenters. The molecule has 1 saturated heterocycles. The second-order valence-corrected chi connectivity index (χ2v) is 3.85. The molecule has 1 heterocycles. The van der Waals surface area contributed by atoms with Crippen LogP contribution in [0.15, 0.2) is 0 Å². The predicted octanol–water partition coefficient (Wildman–Crippen LogP) is 0.492. The van der Waals surface area contributed by atoms with Crippen molar-refractivity contribution in [2.45, 2.75) is 17.8 Å². The Morgan fingerprint density at radius 1 is 1.91 bits per heavy atom. The van der Waals surface area contributed by atoms with E-state index < -0.39 is 5.97 Å². The van der Waals surface area contributed by atoms with Crippen molar-refractivity contribution < 1.29 is 9.90 Å². The van der Waals surface area contributed by atoms with Crippen LogP contribution >= 0.6 is 24.0 Å². The van der Waals surface area contributed by atoms with Crippen LogP contribution in [0.4, 0.5) is 0 Å². The molecule has 1 fully saturated rings. The van der Waals surface area contributed by atoms with Gasteiger partial charge in [-0.3, -0.25) is 10.1 Å². The molecule has 0 saturated carbocycles. The molecule has 62 valence electrons. The molecule has 0 aromatic carbocycles. The average Bonchev–Trinajstić information content (AvgIpc) is 2.37. The molecule has 1 aliphatic heterocycles. The van der Waals surface area contributed by atoms with Gasteiger partial charge in [0.1, 0.15) is 6.04 Å². The van der Waals surface area contributed by atoms with E-state index in [4.69, 9.17) is 5.11 Å². The monoisotopic (exact) mass is 191 g/mol. The van der Waals surface area contributed by atoms with Crippen LogP contribution in [0.25, 0.3) is 0 Å². The van der Waals surface area contributed by atoms with Crippen LogP contribution in [0.3, 0.4) is 0 Å². The average molecular weight is 191 g/mol. The lowest BCUT2D eigenvalue weighted by atomic mass is 10.3. The number of thioether (sulfide) groups is 1. The van der Waals surface area contributed by atoms with E-state index in [-0.39, 0.29) is 11.4 Å². The molecule has 0 aromatic rings. The van der Waals surface area contributed by atoms with E-state index in [1.54, 1.807) is 17.1 Å². The van der Waals surface area contributed by atoms with Gasteiger partial charge in [-0.15, -0.1) is 11.8 Å². The van der Waals surface area contributed by atoms with E-state index in [1.165, 1.54) is 0 Å². The minimum absolute atomic E-state index is 0.202. The SMILES string of the molecule is O=C(O)C1CSC(CC=S)N1. The number of nitrogens with one attached hydrogen (secondary N) is 1. The number of hydrogen-bond acceptors (Lipinski definition) is 4. The molecule has 2 atom stereocenters. The van der Waals surface area contributed by atoms with Crippen LogP contribution in [-0.4, -0.2) is 33.6 Å². The standard InChI is InChI=1S/C6H9NO2S2/c8-6(9)4-3-11-5(7-4)1-2-10/h2,4-5,7H,1,3H2,(H,8,9). The molecule has 11 heavy (non-hydrogen) atoms. The number of aliphatic carboxylic acids is 1. The van der Waals surface area contributed by atoms with Crippen molar-refractivity contribution in [3.8, 4) is 0 Å². The van der Waals surface area contributed by atoms with Gasteiger partial charge < -0.3 is 5.11 Å². The highest BCUT2D eigenvalue weighted by atomic mass is 32.2. The lowest BCUT2D eigenvalue weighted by Crippen LogP contribution is -2.36. The van der Waals surface area contributed by atoms with Crippen molar-refractivity contribution in [3.63, 3.8) is 0 Å². The zero-order valence-corrected chi connectivity index (χ0v) is 7.45. The molecule has 2 N–H and O–H groups in total. The van der Waals surface area contributed by atoms with Gasteiger partial charge in [0.25, 0.3) is 0 Å². The normalized spacial score (nSPS) is 30.2.